The van der Waals surface area contributed by atoms with E-state index >= 15 is 0 Å². The van der Waals surface area contributed by atoms with Crippen molar-refractivity contribution in [3.8, 4) is 27.8 Å². The van der Waals surface area contributed by atoms with Gasteiger partial charge in [-0.2, -0.15) is 0 Å². The van der Waals surface area contributed by atoms with E-state index in [0.29, 0.717) is 34.2 Å². The maximum atomic E-state index is 6.20. The van der Waals surface area contributed by atoms with Crippen molar-refractivity contribution in [1.29, 1.82) is 0 Å². The van der Waals surface area contributed by atoms with Crippen molar-refractivity contribution in [3.63, 3.8) is 0 Å². The molecule has 0 atom stereocenters. The quantitative estimate of drug-likeness (QED) is 0.238. The van der Waals surface area contributed by atoms with Gasteiger partial charge in [0.05, 0.1) is 25.5 Å². The average molecular weight is 498 g/mol. The standard InChI is InChI=1S/C24H27N5O3S2/c1-15(2)16-8-10-18(11-9-16)32-12-21-27-28-24(29(21)25)34-14-17-13-33-23(26-17)19-6-5-7-20(30-3)22(19)31-4/h5-11,13,15H,12,14,25H2,1-4H3. The first kappa shape index (κ1) is 23.9. The van der Waals surface area contributed by atoms with E-state index in [2.05, 4.69) is 36.2 Å². The number of nitrogen functional groups attached to an aromatic ring is 1. The van der Waals surface area contributed by atoms with Crippen LogP contribution in [0.25, 0.3) is 10.6 Å². The largest absolute Gasteiger partial charge is 0.493 e. The number of methoxy groups -OCH3 is 2. The minimum absolute atomic E-state index is 0.238. The number of thioether (sulfide) groups is 1. The maximum absolute atomic E-state index is 6.20. The third kappa shape index (κ3) is 5.28. The Balaban J connectivity index is 1.38. The molecule has 4 aromatic rings. The molecule has 0 bridgehead atoms. The van der Waals surface area contributed by atoms with Gasteiger partial charge in [-0.1, -0.05) is 43.8 Å². The molecule has 0 saturated heterocycles. The molecule has 2 aromatic heterocycles. The maximum Gasteiger partial charge on any atom is 0.210 e. The third-order valence-electron chi connectivity index (χ3n) is 5.18. The molecule has 0 fully saturated rings. The van der Waals surface area contributed by atoms with Gasteiger partial charge >= 0.3 is 0 Å². The van der Waals surface area contributed by atoms with E-state index in [0.717, 1.165) is 22.0 Å². The SMILES string of the molecule is COc1cccc(-c2nc(CSc3nnc(COc4ccc(C(C)C)cc4)n3N)cs2)c1OC. The number of hydrogen-bond acceptors (Lipinski definition) is 9. The van der Waals surface area contributed by atoms with Gasteiger partial charge in [0.1, 0.15) is 17.4 Å². The summed E-state index contributed by atoms with van der Waals surface area (Å²) in [7, 11) is 3.25. The van der Waals surface area contributed by atoms with Crippen molar-refractivity contribution in [1.82, 2.24) is 19.9 Å². The summed E-state index contributed by atoms with van der Waals surface area (Å²) >= 11 is 3.02. The lowest BCUT2D eigenvalue weighted by molar-refractivity contribution is 0.291. The molecule has 34 heavy (non-hydrogen) atoms. The highest BCUT2D eigenvalue weighted by Gasteiger charge is 2.16. The molecule has 0 saturated carbocycles. The molecule has 2 N–H and O–H groups in total. The fourth-order valence-corrected chi connectivity index (χ4v) is 5.01. The molecular weight excluding hydrogens is 470 g/mol. The summed E-state index contributed by atoms with van der Waals surface area (Å²) in [5, 5.41) is 11.9. The summed E-state index contributed by atoms with van der Waals surface area (Å²) in [6.45, 7) is 4.56. The predicted octanol–water partition coefficient (Wildman–Crippen LogP) is 5.13. The van der Waals surface area contributed by atoms with Crippen molar-refractivity contribution in [2.75, 3.05) is 20.1 Å². The monoisotopic (exact) mass is 497 g/mol. The van der Waals surface area contributed by atoms with Crippen LogP contribution in [-0.2, 0) is 12.4 Å². The van der Waals surface area contributed by atoms with Gasteiger partial charge in [-0.15, -0.1) is 21.5 Å². The van der Waals surface area contributed by atoms with Crippen LogP contribution in [0, 0.1) is 0 Å². The molecule has 0 spiro atoms. The lowest BCUT2D eigenvalue weighted by Gasteiger charge is -2.10. The number of para-hydroxylation sites is 1. The fraction of sp³-hybridized carbons (Fsp3) is 0.292. The number of benzene rings is 2. The Morgan fingerprint density at radius 2 is 1.85 bits per heavy atom. The van der Waals surface area contributed by atoms with Crippen LogP contribution < -0.4 is 20.1 Å². The molecule has 0 aliphatic rings. The van der Waals surface area contributed by atoms with Crippen LogP contribution in [0.1, 0.15) is 36.8 Å². The molecule has 178 valence electrons. The molecule has 8 nitrogen and oxygen atoms in total. The number of nitrogens with two attached hydrogens (primary N) is 1. The Bertz CT molecular complexity index is 1240. The summed E-state index contributed by atoms with van der Waals surface area (Å²) in [5.74, 6) is 9.95. The van der Waals surface area contributed by atoms with Crippen LogP contribution in [0.2, 0.25) is 0 Å². The number of nitrogens with zero attached hydrogens (tertiary/aromatic N) is 4. The van der Waals surface area contributed by atoms with Crippen LogP contribution in [0.4, 0.5) is 0 Å². The highest BCUT2D eigenvalue weighted by Crippen LogP contribution is 2.39. The van der Waals surface area contributed by atoms with E-state index in [-0.39, 0.29) is 6.61 Å². The van der Waals surface area contributed by atoms with Crippen LogP contribution >= 0.6 is 23.1 Å². The first-order valence-corrected chi connectivity index (χ1v) is 12.6. The molecule has 2 aromatic carbocycles. The summed E-state index contributed by atoms with van der Waals surface area (Å²) in [6, 6.07) is 13.8. The van der Waals surface area contributed by atoms with E-state index in [1.807, 2.05) is 35.7 Å². The van der Waals surface area contributed by atoms with Crippen LogP contribution in [0.15, 0.2) is 53.0 Å². The minimum atomic E-state index is 0.238. The Morgan fingerprint density at radius 1 is 1.06 bits per heavy atom. The van der Waals surface area contributed by atoms with Gasteiger partial charge < -0.3 is 20.1 Å². The second-order valence-electron chi connectivity index (χ2n) is 7.75. The number of rotatable bonds is 10. The molecule has 0 aliphatic heterocycles. The first-order valence-electron chi connectivity index (χ1n) is 10.7. The zero-order valence-electron chi connectivity index (χ0n) is 19.5. The van der Waals surface area contributed by atoms with Crippen molar-refractivity contribution >= 4 is 23.1 Å². The van der Waals surface area contributed by atoms with Gasteiger partial charge in [0.25, 0.3) is 0 Å². The van der Waals surface area contributed by atoms with E-state index in [1.54, 1.807) is 25.6 Å². The average Bonchev–Trinajstić information content (AvgIpc) is 3.47. The van der Waals surface area contributed by atoms with Crippen molar-refractivity contribution in [2.24, 2.45) is 0 Å². The molecule has 0 radical (unpaired) electrons. The number of aromatic nitrogens is 4. The second-order valence-corrected chi connectivity index (χ2v) is 9.56. The van der Waals surface area contributed by atoms with Gasteiger partial charge in [0.2, 0.25) is 5.16 Å². The van der Waals surface area contributed by atoms with Crippen LogP contribution in [0.5, 0.6) is 17.2 Å². The predicted molar refractivity (Wildman–Crippen MR) is 135 cm³/mol. The summed E-state index contributed by atoms with van der Waals surface area (Å²) in [6.07, 6.45) is 0. The zero-order valence-corrected chi connectivity index (χ0v) is 21.2. The lowest BCUT2D eigenvalue weighted by Crippen LogP contribution is -2.15. The third-order valence-corrected chi connectivity index (χ3v) is 7.09. The molecule has 2 heterocycles. The Hall–Kier alpha value is -3.24. The van der Waals surface area contributed by atoms with Gasteiger partial charge in [-0.05, 0) is 35.7 Å². The van der Waals surface area contributed by atoms with Crippen molar-refractivity contribution < 1.29 is 14.2 Å². The number of hydrogen-bond donors (Lipinski definition) is 1. The first-order chi connectivity index (χ1) is 16.5. The van der Waals surface area contributed by atoms with E-state index in [4.69, 9.17) is 25.0 Å². The summed E-state index contributed by atoms with van der Waals surface area (Å²) in [5.41, 5.74) is 3.08. The van der Waals surface area contributed by atoms with Crippen molar-refractivity contribution in [3.05, 3.63) is 64.9 Å². The molecule has 0 unspecified atom stereocenters. The van der Waals surface area contributed by atoms with Gasteiger partial charge in [0.15, 0.2) is 17.3 Å². The molecule has 10 heteroatoms. The van der Waals surface area contributed by atoms with E-state index in [9.17, 15) is 0 Å². The number of thiazole rings is 1. The zero-order chi connectivity index (χ0) is 24.1. The Labute approximate surface area is 207 Å². The smallest absolute Gasteiger partial charge is 0.210 e. The highest BCUT2D eigenvalue weighted by molar-refractivity contribution is 7.98. The van der Waals surface area contributed by atoms with Crippen LogP contribution in [-0.4, -0.2) is 34.1 Å². The topological polar surface area (TPSA) is 97.3 Å². The van der Waals surface area contributed by atoms with Gasteiger partial charge in [-0.3, -0.25) is 0 Å². The van der Waals surface area contributed by atoms with E-state index < -0.39 is 0 Å². The Morgan fingerprint density at radius 3 is 2.56 bits per heavy atom. The summed E-state index contributed by atoms with van der Waals surface area (Å²) in [4.78, 5) is 4.75. The molecular formula is C24H27N5O3S2. The van der Waals surface area contributed by atoms with Crippen molar-refractivity contribution in [2.45, 2.75) is 37.3 Å². The molecule has 0 amide bonds. The fourth-order valence-electron chi connectivity index (χ4n) is 3.29. The normalized spacial score (nSPS) is 11.1. The van der Waals surface area contributed by atoms with Gasteiger partial charge in [-0.25, -0.2) is 9.66 Å². The summed E-state index contributed by atoms with van der Waals surface area (Å²) < 4.78 is 18.2. The number of ether oxygens (including phenoxy) is 3. The second kappa shape index (κ2) is 10.8. The molecule has 4 rings (SSSR count). The minimum Gasteiger partial charge on any atom is -0.493 e. The van der Waals surface area contributed by atoms with E-state index in [1.165, 1.54) is 22.0 Å². The lowest BCUT2D eigenvalue weighted by atomic mass is 10.0. The van der Waals surface area contributed by atoms with Gasteiger partial charge in [0, 0.05) is 11.1 Å². The molecule has 0 aliphatic carbocycles. The van der Waals surface area contributed by atoms with Crippen LogP contribution in [0.3, 0.4) is 0 Å². The highest BCUT2D eigenvalue weighted by atomic mass is 32.2. The Kier molecular flexibility index (Phi) is 7.59.